The van der Waals surface area contributed by atoms with E-state index in [4.69, 9.17) is 0 Å². The number of hydrogen-bond donors (Lipinski definition) is 0. The summed E-state index contributed by atoms with van der Waals surface area (Å²) in [6.45, 7) is 0. The van der Waals surface area contributed by atoms with E-state index < -0.39 is 0 Å². The van der Waals surface area contributed by atoms with E-state index in [2.05, 4.69) is 72.8 Å². The van der Waals surface area contributed by atoms with Crippen molar-refractivity contribution in [1.29, 1.82) is 0 Å². The number of hydrogen-bond acceptors (Lipinski definition) is 2. The van der Waals surface area contributed by atoms with Crippen LogP contribution < -0.4 is 0 Å². The second-order valence-corrected chi connectivity index (χ2v) is 7.16. The number of thiophene rings is 1. The molecule has 1 heterocycles. The van der Waals surface area contributed by atoms with Gasteiger partial charge in [-0.1, -0.05) is 48.5 Å². The Labute approximate surface area is 132 Å². The van der Waals surface area contributed by atoms with Crippen molar-refractivity contribution in [2.75, 3.05) is 0 Å². The van der Waals surface area contributed by atoms with Crippen LogP contribution in [-0.4, -0.2) is 0 Å². The molecule has 0 spiro atoms. The van der Waals surface area contributed by atoms with Crippen molar-refractivity contribution in [2.45, 2.75) is 10.6 Å². The summed E-state index contributed by atoms with van der Waals surface area (Å²) >= 11 is 3.78. The Bertz CT molecular complexity index is 891. The molecule has 0 unspecified atom stereocenters. The summed E-state index contributed by atoms with van der Waals surface area (Å²) in [4.78, 5) is 1.34. The maximum Gasteiger partial charge on any atom is 0.0356 e. The monoisotopic (exact) mass is 306 g/mol. The normalized spacial score (nSPS) is 11.2. The molecule has 0 atom stereocenters. The fourth-order valence-corrected chi connectivity index (χ4v) is 4.51. The van der Waals surface area contributed by atoms with Gasteiger partial charge in [0, 0.05) is 30.8 Å². The van der Waals surface area contributed by atoms with Gasteiger partial charge in [-0.05, 0) is 29.8 Å². The zero-order valence-electron chi connectivity index (χ0n) is 11.5. The zero-order valence-corrected chi connectivity index (χ0v) is 13.1. The van der Waals surface area contributed by atoms with Gasteiger partial charge in [-0.15, -0.1) is 23.1 Å². The van der Waals surface area contributed by atoms with E-state index in [9.17, 15) is 0 Å². The van der Waals surface area contributed by atoms with E-state index in [-0.39, 0.29) is 0 Å². The Balaban J connectivity index is 1.68. The molecule has 0 aliphatic carbocycles. The minimum absolute atomic E-state index is 1.02. The molecule has 0 nitrogen and oxygen atoms in total. The molecule has 21 heavy (non-hydrogen) atoms. The van der Waals surface area contributed by atoms with E-state index in [0.717, 1.165) is 5.75 Å². The lowest BCUT2D eigenvalue weighted by Crippen LogP contribution is -1.79. The number of rotatable bonds is 3. The van der Waals surface area contributed by atoms with Crippen LogP contribution >= 0.6 is 23.1 Å². The first-order valence-electron chi connectivity index (χ1n) is 6.98. The van der Waals surface area contributed by atoms with Crippen molar-refractivity contribution in [3.63, 3.8) is 0 Å². The summed E-state index contributed by atoms with van der Waals surface area (Å²) in [7, 11) is 0. The third kappa shape index (κ3) is 2.57. The highest BCUT2D eigenvalue weighted by Crippen LogP contribution is 2.36. The van der Waals surface area contributed by atoms with Gasteiger partial charge in [0.1, 0.15) is 0 Å². The van der Waals surface area contributed by atoms with Crippen molar-refractivity contribution in [3.05, 3.63) is 78.4 Å². The van der Waals surface area contributed by atoms with Crippen molar-refractivity contribution >= 4 is 43.3 Å². The van der Waals surface area contributed by atoms with Crippen LogP contribution in [0, 0.1) is 0 Å². The molecule has 3 aromatic carbocycles. The van der Waals surface area contributed by atoms with Crippen LogP contribution in [0.4, 0.5) is 0 Å². The minimum atomic E-state index is 1.02. The van der Waals surface area contributed by atoms with Crippen molar-refractivity contribution in [2.24, 2.45) is 0 Å². The summed E-state index contributed by atoms with van der Waals surface area (Å²) < 4.78 is 2.75. The summed E-state index contributed by atoms with van der Waals surface area (Å²) in [5, 5.41) is 2.76. The molecule has 0 fully saturated rings. The van der Waals surface area contributed by atoms with Crippen LogP contribution in [0.2, 0.25) is 0 Å². The van der Waals surface area contributed by atoms with Gasteiger partial charge in [0.15, 0.2) is 0 Å². The Morgan fingerprint density at radius 2 is 1.48 bits per heavy atom. The Morgan fingerprint density at radius 1 is 0.714 bits per heavy atom. The predicted octanol–water partition coefficient (Wildman–Crippen LogP) is 6.35. The highest BCUT2D eigenvalue weighted by atomic mass is 32.2. The van der Waals surface area contributed by atoms with Crippen LogP contribution in [0.1, 0.15) is 5.56 Å². The van der Waals surface area contributed by atoms with Gasteiger partial charge in [-0.25, -0.2) is 0 Å². The summed E-state index contributed by atoms with van der Waals surface area (Å²) in [6.07, 6.45) is 0. The topological polar surface area (TPSA) is 0 Å². The van der Waals surface area contributed by atoms with Gasteiger partial charge in [0.05, 0.1) is 0 Å². The van der Waals surface area contributed by atoms with E-state index in [1.807, 2.05) is 23.1 Å². The number of benzene rings is 3. The lowest BCUT2D eigenvalue weighted by atomic mass is 10.1. The first-order valence-corrected chi connectivity index (χ1v) is 8.78. The molecule has 0 bridgehead atoms. The van der Waals surface area contributed by atoms with Gasteiger partial charge in [-0.3, -0.25) is 0 Å². The Morgan fingerprint density at radius 3 is 2.38 bits per heavy atom. The van der Waals surface area contributed by atoms with Crippen molar-refractivity contribution in [1.82, 2.24) is 0 Å². The molecular formula is C19H14S2. The smallest absolute Gasteiger partial charge is 0.0356 e. The largest absolute Gasteiger partial charge is 0.135 e. The van der Waals surface area contributed by atoms with Crippen molar-refractivity contribution < 1.29 is 0 Å². The summed E-state index contributed by atoms with van der Waals surface area (Å²) in [5.74, 6) is 1.02. The predicted molar refractivity (Wildman–Crippen MR) is 95.3 cm³/mol. The van der Waals surface area contributed by atoms with Gasteiger partial charge in [0.2, 0.25) is 0 Å². The number of fused-ring (bicyclic) bond motifs is 3. The summed E-state index contributed by atoms with van der Waals surface area (Å²) in [5.41, 5.74) is 1.37. The van der Waals surface area contributed by atoms with Gasteiger partial charge < -0.3 is 0 Å². The molecule has 0 aliphatic rings. The van der Waals surface area contributed by atoms with E-state index in [1.165, 1.54) is 30.6 Å². The molecule has 0 amide bonds. The van der Waals surface area contributed by atoms with Crippen molar-refractivity contribution in [3.8, 4) is 0 Å². The molecule has 1 aromatic heterocycles. The lowest BCUT2D eigenvalue weighted by Gasteiger charge is -2.02. The molecule has 0 N–H and O–H groups in total. The Hall–Kier alpha value is -1.77. The third-order valence-electron chi connectivity index (χ3n) is 3.60. The molecular weight excluding hydrogens is 292 g/mol. The second-order valence-electron chi connectivity index (χ2n) is 5.03. The average Bonchev–Trinajstić information content (AvgIpc) is 2.92. The fraction of sp³-hybridized carbons (Fsp3) is 0.0526. The first-order chi connectivity index (χ1) is 10.4. The maximum absolute atomic E-state index is 2.34. The highest BCUT2D eigenvalue weighted by molar-refractivity contribution is 7.98. The van der Waals surface area contributed by atoms with Gasteiger partial charge >= 0.3 is 0 Å². The van der Waals surface area contributed by atoms with E-state index in [1.54, 1.807) is 0 Å². The summed E-state index contributed by atoms with van der Waals surface area (Å²) in [6, 6.07) is 26.1. The Kier molecular flexibility index (Phi) is 3.42. The zero-order chi connectivity index (χ0) is 14.1. The lowest BCUT2D eigenvalue weighted by molar-refractivity contribution is 1.39. The maximum atomic E-state index is 2.34. The molecule has 4 aromatic rings. The van der Waals surface area contributed by atoms with Crippen LogP contribution in [-0.2, 0) is 5.75 Å². The van der Waals surface area contributed by atoms with E-state index in [0.29, 0.717) is 0 Å². The average molecular weight is 306 g/mol. The first kappa shape index (κ1) is 12.9. The standard InChI is InChI=1S/C19H14S2/c1-2-6-14(7-3-1)13-20-15-10-11-19-17(12-15)16-8-4-5-9-18(16)21-19/h1-12H,13H2. The molecule has 2 heteroatoms. The quantitative estimate of drug-likeness (QED) is 0.398. The molecule has 102 valence electrons. The van der Waals surface area contributed by atoms with E-state index >= 15 is 0 Å². The van der Waals surface area contributed by atoms with Gasteiger partial charge in [-0.2, -0.15) is 0 Å². The molecule has 0 radical (unpaired) electrons. The second kappa shape index (κ2) is 5.55. The molecule has 0 saturated heterocycles. The SMILES string of the molecule is c1ccc(CSc2ccc3sc4ccccc4c3c2)cc1. The minimum Gasteiger partial charge on any atom is -0.135 e. The third-order valence-corrected chi connectivity index (χ3v) is 5.81. The van der Waals surface area contributed by atoms with Crippen LogP contribution in [0.3, 0.4) is 0 Å². The highest BCUT2D eigenvalue weighted by Gasteiger charge is 2.05. The van der Waals surface area contributed by atoms with Crippen LogP contribution in [0.15, 0.2) is 77.7 Å². The molecule has 4 rings (SSSR count). The van der Waals surface area contributed by atoms with Gasteiger partial charge in [0.25, 0.3) is 0 Å². The molecule has 0 aliphatic heterocycles. The fourth-order valence-electron chi connectivity index (χ4n) is 2.54. The van der Waals surface area contributed by atoms with Crippen LogP contribution in [0.25, 0.3) is 20.2 Å². The van der Waals surface area contributed by atoms with Crippen LogP contribution in [0.5, 0.6) is 0 Å². The molecule has 0 saturated carbocycles. The number of thioether (sulfide) groups is 1.